The number of halogens is 1. The molecule has 3 aromatic rings. The molecule has 0 aliphatic rings. The highest BCUT2D eigenvalue weighted by atomic mass is 35.5. The molecular weight excluding hydrogens is 472 g/mol. The van der Waals surface area contributed by atoms with E-state index in [2.05, 4.69) is 10.6 Å². The number of carbonyl (C=O) groups excluding carboxylic acids is 1. The molecule has 0 aliphatic carbocycles. The Morgan fingerprint density at radius 1 is 0.829 bits per heavy atom. The van der Waals surface area contributed by atoms with E-state index in [1.165, 1.54) is 6.07 Å². The van der Waals surface area contributed by atoms with Crippen molar-refractivity contribution in [2.45, 2.75) is 25.0 Å². The van der Waals surface area contributed by atoms with Crippen LogP contribution in [0.25, 0.3) is 11.1 Å². The lowest BCUT2D eigenvalue weighted by molar-refractivity contribution is -0.141. The van der Waals surface area contributed by atoms with Crippen molar-refractivity contribution in [3.8, 4) is 11.1 Å². The quantitative estimate of drug-likeness (QED) is 0.275. The maximum atomic E-state index is 12.5. The molecule has 1 amide bonds. The van der Waals surface area contributed by atoms with Crippen LogP contribution in [0.4, 0.5) is 0 Å². The highest BCUT2D eigenvalue weighted by Crippen LogP contribution is 2.25. The highest BCUT2D eigenvalue weighted by molar-refractivity contribution is 6.33. The first kappa shape index (κ1) is 25.9. The summed E-state index contributed by atoms with van der Waals surface area (Å²) in [6.45, 7) is -0.283. The van der Waals surface area contributed by atoms with Crippen LogP contribution >= 0.6 is 11.6 Å². The van der Waals surface area contributed by atoms with Crippen LogP contribution in [0.15, 0.2) is 72.8 Å². The molecule has 0 aliphatic heterocycles. The third-order valence-corrected chi connectivity index (χ3v) is 5.79. The zero-order valence-electron chi connectivity index (χ0n) is 18.6. The van der Waals surface area contributed by atoms with E-state index in [0.717, 1.165) is 16.7 Å². The van der Waals surface area contributed by atoms with E-state index in [4.69, 9.17) is 16.7 Å². The van der Waals surface area contributed by atoms with Gasteiger partial charge in [0.2, 0.25) is 0 Å². The second kappa shape index (κ2) is 12.1. The van der Waals surface area contributed by atoms with Crippen molar-refractivity contribution in [1.29, 1.82) is 0 Å². The number of hydrogen-bond donors (Lipinski definition) is 5. The number of hydrogen-bond acceptors (Lipinski definition) is 5. The molecule has 5 N–H and O–H groups in total. The number of amides is 1. The number of carbonyl (C=O) groups is 3. The predicted molar refractivity (Wildman–Crippen MR) is 131 cm³/mol. The molecule has 0 bridgehead atoms. The Bertz CT molecular complexity index is 1200. The second-order valence-electron chi connectivity index (χ2n) is 7.86. The van der Waals surface area contributed by atoms with Crippen molar-refractivity contribution in [1.82, 2.24) is 10.6 Å². The van der Waals surface area contributed by atoms with Gasteiger partial charge in [-0.3, -0.25) is 14.9 Å². The summed E-state index contributed by atoms with van der Waals surface area (Å²) in [5.74, 6) is -2.87. The molecule has 0 saturated carbocycles. The molecule has 0 fully saturated rings. The molecule has 3 aromatic carbocycles. The molecular formula is C26H25ClN2O6. The van der Waals surface area contributed by atoms with Crippen molar-refractivity contribution >= 4 is 29.4 Å². The molecule has 0 radical (unpaired) electrons. The molecule has 2 atom stereocenters. The van der Waals surface area contributed by atoms with E-state index >= 15 is 0 Å². The van der Waals surface area contributed by atoms with Gasteiger partial charge >= 0.3 is 11.9 Å². The van der Waals surface area contributed by atoms with Gasteiger partial charge in [0.1, 0.15) is 12.1 Å². The van der Waals surface area contributed by atoms with Gasteiger partial charge in [0.25, 0.3) is 5.91 Å². The summed E-state index contributed by atoms with van der Waals surface area (Å²) in [4.78, 5) is 35.4. The number of nitrogens with one attached hydrogen (secondary N) is 2. The van der Waals surface area contributed by atoms with Gasteiger partial charge < -0.3 is 20.6 Å². The van der Waals surface area contributed by atoms with Crippen molar-refractivity contribution in [3.05, 3.63) is 94.5 Å². The monoisotopic (exact) mass is 496 g/mol. The van der Waals surface area contributed by atoms with E-state index in [-0.39, 0.29) is 23.6 Å². The lowest BCUT2D eigenvalue weighted by Gasteiger charge is -2.16. The van der Waals surface area contributed by atoms with Gasteiger partial charge in [-0.2, -0.15) is 0 Å². The summed E-state index contributed by atoms with van der Waals surface area (Å²) in [5, 5.41) is 33.5. The zero-order valence-corrected chi connectivity index (χ0v) is 19.4. The molecule has 182 valence electrons. The standard InChI is InChI=1S/C26H25ClN2O6/c27-21-8-4-3-7-20(21)24(31)29-22(25(32)33)13-16-9-11-17(12-10-16)19-6-2-1-5-18(19)14-28-23(15-30)26(34)35/h1-12,22-23,28,30H,13-15H2,(H,29,31)(H,32,33)(H,34,35)/t22-,23+/m0/s1. The molecule has 9 heteroatoms. The minimum Gasteiger partial charge on any atom is -0.480 e. The molecule has 3 rings (SSSR count). The summed E-state index contributed by atoms with van der Waals surface area (Å²) in [7, 11) is 0. The van der Waals surface area contributed by atoms with Crippen LogP contribution in [-0.2, 0) is 22.6 Å². The van der Waals surface area contributed by atoms with Gasteiger partial charge in [0.15, 0.2) is 0 Å². The average Bonchev–Trinajstić information content (AvgIpc) is 2.84. The van der Waals surface area contributed by atoms with E-state index in [1.807, 2.05) is 36.4 Å². The third-order valence-electron chi connectivity index (χ3n) is 5.46. The normalized spacial score (nSPS) is 12.5. The van der Waals surface area contributed by atoms with Gasteiger partial charge in [0.05, 0.1) is 17.2 Å². The van der Waals surface area contributed by atoms with Crippen molar-refractivity contribution in [2.75, 3.05) is 6.61 Å². The van der Waals surface area contributed by atoms with Crippen LogP contribution in [0.5, 0.6) is 0 Å². The lowest BCUT2D eigenvalue weighted by Crippen LogP contribution is -2.42. The largest absolute Gasteiger partial charge is 0.480 e. The first-order valence-electron chi connectivity index (χ1n) is 10.8. The Morgan fingerprint density at radius 2 is 1.46 bits per heavy atom. The van der Waals surface area contributed by atoms with Gasteiger partial charge in [0, 0.05) is 13.0 Å². The average molecular weight is 497 g/mol. The fourth-order valence-electron chi connectivity index (χ4n) is 3.56. The molecule has 35 heavy (non-hydrogen) atoms. The fourth-order valence-corrected chi connectivity index (χ4v) is 3.78. The van der Waals surface area contributed by atoms with Gasteiger partial charge in [-0.15, -0.1) is 0 Å². The first-order chi connectivity index (χ1) is 16.8. The highest BCUT2D eigenvalue weighted by Gasteiger charge is 2.22. The molecule has 0 unspecified atom stereocenters. The molecule has 0 saturated heterocycles. The smallest absolute Gasteiger partial charge is 0.326 e. The summed E-state index contributed by atoms with van der Waals surface area (Å²) in [6.07, 6.45) is 0.0752. The maximum Gasteiger partial charge on any atom is 0.326 e. The number of aliphatic hydroxyl groups excluding tert-OH is 1. The van der Waals surface area contributed by atoms with Gasteiger partial charge in [-0.25, -0.2) is 4.79 Å². The molecule has 0 aromatic heterocycles. The van der Waals surface area contributed by atoms with Crippen LogP contribution in [0.1, 0.15) is 21.5 Å². The second-order valence-corrected chi connectivity index (χ2v) is 8.26. The van der Waals surface area contributed by atoms with E-state index in [0.29, 0.717) is 5.56 Å². The van der Waals surface area contributed by atoms with Gasteiger partial charge in [-0.1, -0.05) is 72.3 Å². The van der Waals surface area contributed by atoms with E-state index < -0.39 is 36.5 Å². The van der Waals surface area contributed by atoms with Crippen LogP contribution in [0.2, 0.25) is 5.02 Å². The van der Waals surface area contributed by atoms with Crippen molar-refractivity contribution in [3.63, 3.8) is 0 Å². The third kappa shape index (κ3) is 6.89. The van der Waals surface area contributed by atoms with E-state index in [1.54, 1.807) is 30.3 Å². The van der Waals surface area contributed by atoms with Crippen LogP contribution in [0, 0.1) is 0 Å². The SMILES string of the molecule is O=C(N[C@@H](Cc1ccc(-c2ccccc2CN[C@H](CO)C(=O)O)cc1)C(=O)O)c1ccccc1Cl. The number of aliphatic carboxylic acids is 2. The van der Waals surface area contributed by atoms with Crippen LogP contribution in [0.3, 0.4) is 0 Å². The number of aliphatic hydroxyl groups is 1. The lowest BCUT2D eigenvalue weighted by atomic mass is 9.97. The van der Waals surface area contributed by atoms with Crippen LogP contribution in [-0.4, -0.2) is 51.9 Å². The van der Waals surface area contributed by atoms with E-state index in [9.17, 15) is 24.6 Å². The minimum atomic E-state index is -1.16. The molecule has 0 heterocycles. The number of carboxylic acids is 2. The minimum absolute atomic E-state index is 0.0752. The summed E-state index contributed by atoms with van der Waals surface area (Å²) in [5.41, 5.74) is 3.48. The molecule has 8 nitrogen and oxygen atoms in total. The van der Waals surface area contributed by atoms with Crippen LogP contribution < -0.4 is 10.6 Å². The summed E-state index contributed by atoms with van der Waals surface area (Å²) < 4.78 is 0. The Morgan fingerprint density at radius 3 is 2.09 bits per heavy atom. The molecule has 0 spiro atoms. The Labute approximate surface area is 207 Å². The summed E-state index contributed by atoms with van der Waals surface area (Å²) >= 11 is 6.04. The topological polar surface area (TPSA) is 136 Å². The first-order valence-corrected chi connectivity index (χ1v) is 11.2. The number of rotatable bonds is 11. The zero-order chi connectivity index (χ0) is 25.4. The Hall–Kier alpha value is -3.72. The number of carboxylic acid groups (broad SMARTS) is 2. The van der Waals surface area contributed by atoms with Gasteiger partial charge in [-0.05, 0) is 34.4 Å². The van der Waals surface area contributed by atoms with Crippen molar-refractivity contribution < 1.29 is 29.7 Å². The predicted octanol–water partition coefficient (Wildman–Crippen LogP) is 2.97. The Balaban J connectivity index is 1.73. The summed E-state index contributed by atoms with van der Waals surface area (Å²) in [6, 6.07) is 18.9. The Kier molecular flexibility index (Phi) is 8.97. The maximum absolute atomic E-state index is 12.5. The van der Waals surface area contributed by atoms with Crippen molar-refractivity contribution in [2.24, 2.45) is 0 Å². The number of benzene rings is 3. The fraction of sp³-hybridized carbons (Fsp3) is 0.192.